The monoisotopic (exact) mass is 869 g/mol. The second-order valence-electron chi connectivity index (χ2n) is 20.3. The largest absolute Gasteiger partial charge is 2.00 e. The number of hydrogen-bond acceptors (Lipinski definition) is 6. The fourth-order valence-corrected chi connectivity index (χ4v) is 11.0. The number of Topliss-reactive ketones (excluding diaryl/α,β-unsaturated/α-hetero) is 2. The molecule has 0 saturated heterocycles. The van der Waals surface area contributed by atoms with Gasteiger partial charge in [-0.1, -0.05) is 162 Å². The fraction of sp³-hybridized carbons (Fsp3) is 0.648. The molecule has 0 fully saturated rings. The molecule has 8 nitrogen and oxygen atoms in total. The third-order valence-electron chi connectivity index (χ3n) is 15.0. The minimum Gasteiger partial charge on any atom is -0.657 e. The molecule has 3 aromatic heterocycles. The van der Waals surface area contributed by atoms with E-state index in [0.29, 0.717) is 44.7 Å². The summed E-state index contributed by atoms with van der Waals surface area (Å²) in [5.74, 6) is 1.29. The molecule has 63 heavy (non-hydrogen) atoms. The van der Waals surface area contributed by atoms with Crippen molar-refractivity contribution in [2.75, 3.05) is 7.11 Å². The number of hydrogen-bond donors (Lipinski definition) is 0. The summed E-state index contributed by atoms with van der Waals surface area (Å²) < 4.78 is 5.32. The Morgan fingerprint density at radius 1 is 0.698 bits per heavy atom. The second kappa shape index (κ2) is 22.3. The van der Waals surface area contributed by atoms with Crippen LogP contribution in [0, 0.1) is 37.5 Å². The van der Waals surface area contributed by atoms with E-state index < -0.39 is 11.9 Å². The van der Waals surface area contributed by atoms with Crippen molar-refractivity contribution in [2.45, 2.75) is 196 Å². The number of methoxy groups -OCH3 is 1. The molecular weight excluding hydrogens is 793 g/mol. The van der Waals surface area contributed by atoms with Gasteiger partial charge in [0.15, 0.2) is 11.6 Å². The molecule has 6 rings (SSSR count). The quantitative estimate of drug-likeness (QED) is 0.0362. The minimum absolute atomic E-state index is 0. The number of esters is 1. The summed E-state index contributed by atoms with van der Waals surface area (Å²) in [7, 11) is 1.35. The van der Waals surface area contributed by atoms with E-state index >= 15 is 0 Å². The van der Waals surface area contributed by atoms with Crippen LogP contribution < -0.4 is 9.97 Å². The van der Waals surface area contributed by atoms with Crippen molar-refractivity contribution >= 4 is 62.7 Å². The summed E-state index contributed by atoms with van der Waals surface area (Å²) in [5, 5.41) is 0. The summed E-state index contributed by atoms with van der Waals surface area (Å²) in [6, 6.07) is 6.03. The van der Waals surface area contributed by atoms with Gasteiger partial charge in [-0.05, 0) is 62.8 Å². The Hall–Kier alpha value is -3.30. The van der Waals surface area contributed by atoms with E-state index in [0.717, 1.165) is 77.3 Å². The van der Waals surface area contributed by atoms with Crippen LogP contribution in [-0.4, -0.2) is 57.7 Å². The van der Waals surface area contributed by atoms with Crippen LogP contribution in [0.1, 0.15) is 242 Å². The number of aryl methyl sites for hydroxylation is 2. The Labute approximate surface area is 394 Å². The van der Waals surface area contributed by atoms with Gasteiger partial charge in [-0.3, -0.25) is 24.4 Å². The third kappa shape index (κ3) is 11.2. The number of fused-ring (bicyclic) bond motifs is 8. The zero-order valence-corrected chi connectivity index (χ0v) is 42.4. The maximum atomic E-state index is 14.4. The standard InChI is InChI=1S/C54H77N4O4.Mg/c1-13-39-34(7)41-29-46-47(38(11)59)36(9)43(56-46)27-42-35(8)40(26-15-14-20-31(4)22-17-24-33(6)25-18-23-32(5)21-16-19-30(2)3)51(57-42)49-50(54(61)62-12)53(60)48-37(10)44(58-52(48)49)28-45(39)55-41;/h27-35,39-40,50H,13-26H2,1-12H3,(H-,55,56,57,58,59,60);/q-1;+2/p-1/t31?,32?,33?,34-,35?,39?,40?,50?;/m1./s1. The van der Waals surface area contributed by atoms with Gasteiger partial charge in [-0.2, -0.15) is 0 Å². The van der Waals surface area contributed by atoms with E-state index in [-0.39, 0.29) is 58.3 Å². The first kappa shape index (κ1) is 50.7. The van der Waals surface area contributed by atoms with Gasteiger partial charge in [0.05, 0.1) is 7.11 Å². The Balaban J connectivity index is 0.00000748. The first-order valence-corrected chi connectivity index (χ1v) is 24.4. The number of unbranched alkanes of at least 4 members (excludes halogenated alkanes) is 1. The topological polar surface area (TPSA) is 114 Å². The van der Waals surface area contributed by atoms with Gasteiger partial charge in [0.25, 0.3) is 0 Å². The molecule has 3 aliphatic rings. The Bertz CT molecular complexity index is 2270. The smallest absolute Gasteiger partial charge is 0.657 e. The van der Waals surface area contributed by atoms with Crippen LogP contribution in [-0.2, 0) is 9.53 Å². The fourth-order valence-electron chi connectivity index (χ4n) is 11.0. The second-order valence-corrected chi connectivity index (χ2v) is 20.3. The molecule has 1 aliphatic carbocycles. The molecule has 0 spiro atoms. The SMILES string of the molecule is CCC1c2cc3[n-]c4c(c3C)C(=O)C(C(=O)OC)c4c3nc(cc4[n-]c(cc(n2)[C@@H]1C)c(C(C)=O)c4C)C(C)C3CCCCC(C)CCCC(C)CCCC(C)CCCC(C)C.[Mg+2]. The van der Waals surface area contributed by atoms with Crippen molar-refractivity contribution in [3.8, 4) is 0 Å². The number of ether oxygens (including phenoxy) is 1. The van der Waals surface area contributed by atoms with Crippen LogP contribution in [0.4, 0.5) is 0 Å². The van der Waals surface area contributed by atoms with Crippen molar-refractivity contribution < 1.29 is 19.1 Å². The first-order chi connectivity index (χ1) is 29.6. The normalized spacial score (nSPS) is 20.8. The first-order valence-electron chi connectivity index (χ1n) is 24.4. The molecule has 3 aromatic rings. The Morgan fingerprint density at radius 3 is 1.79 bits per heavy atom. The summed E-state index contributed by atoms with van der Waals surface area (Å²) in [6.45, 7) is 24.0. The van der Waals surface area contributed by atoms with Gasteiger partial charge < -0.3 is 14.7 Å². The third-order valence-corrected chi connectivity index (χ3v) is 15.0. The van der Waals surface area contributed by atoms with E-state index in [1.807, 2.05) is 32.0 Å². The zero-order valence-electron chi connectivity index (χ0n) is 41.0. The average Bonchev–Trinajstić information content (AvgIpc) is 3.96. The van der Waals surface area contributed by atoms with E-state index in [1.54, 1.807) is 6.92 Å². The number of carbonyl (C=O) groups excluding carboxylic acids is 3. The van der Waals surface area contributed by atoms with Crippen LogP contribution in [0.15, 0.2) is 18.2 Å². The maximum absolute atomic E-state index is 14.4. The number of carbonyl (C=O) groups is 3. The number of aromatic nitrogens is 4. The van der Waals surface area contributed by atoms with Gasteiger partial charge >= 0.3 is 29.0 Å². The molecule has 7 unspecified atom stereocenters. The number of ketones is 2. The van der Waals surface area contributed by atoms with E-state index in [1.165, 1.54) is 71.3 Å². The number of rotatable bonds is 20. The summed E-state index contributed by atoms with van der Waals surface area (Å²) in [5.41, 5.74) is 9.22. The van der Waals surface area contributed by atoms with E-state index in [4.69, 9.17) is 24.7 Å². The van der Waals surface area contributed by atoms with Gasteiger partial charge in [0, 0.05) is 57.6 Å². The van der Waals surface area contributed by atoms with Crippen molar-refractivity contribution in [2.24, 2.45) is 23.7 Å². The van der Waals surface area contributed by atoms with Crippen LogP contribution in [0.25, 0.3) is 22.1 Å². The molecule has 9 heteroatoms. The van der Waals surface area contributed by atoms with E-state index in [2.05, 4.69) is 55.4 Å². The molecule has 0 N–H and O–H groups in total. The molecule has 0 aromatic carbocycles. The predicted octanol–water partition coefficient (Wildman–Crippen LogP) is 13.3. The summed E-state index contributed by atoms with van der Waals surface area (Å²) >= 11 is 0. The Kier molecular flexibility index (Phi) is 17.9. The van der Waals surface area contributed by atoms with Crippen LogP contribution in [0.3, 0.4) is 0 Å². The van der Waals surface area contributed by atoms with Crippen LogP contribution >= 0.6 is 0 Å². The summed E-state index contributed by atoms with van der Waals surface area (Å²) in [4.78, 5) is 61.9. The minimum atomic E-state index is -1.12. The number of nitrogens with zero attached hydrogens (tertiary/aromatic N) is 4. The van der Waals surface area contributed by atoms with Crippen LogP contribution in [0.5, 0.6) is 0 Å². The molecule has 8 atom stereocenters. The molecule has 338 valence electrons. The van der Waals surface area contributed by atoms with Gasteiger partial charge in [-0.25, -0.2) is 0 Å². The maximum Gasteiger partial charge on any atom is 2.00 e. The summed E-state index contributed by atoms with van der Waals surface area (Å²) in [6.07, 6.45) is 17.1. The molecule has 0 saturated carbocycles. The molecular formula is C54H76MgN4O4. The van der Waals surface area contributed by atoms with E-state index in [9.17, 15) is 14.4 Å². The Morgan fingerprint density at radius 2 is 1.22 bits per heavy atom. The van der Waals surface area contributed by atoms with Crippen LogP contribution in [0.2, 0.25) is 0 Å². The van der Waals surface area contributed by atoms with Crippen molar-refractivity contribution in [1.82, 2.24) is 19.9 Å². The zero-order chi connectivity index (χ0) is 45.0. The molecule has 2 aliphatic heterocycles. The van der Waals surface area contributed by atoms with Crippen molar-refractivity contribution in [1.29, 1.82) is 0 Å². The van der Waals surface area contributed by atoms with Gasteiger partial charge in [0.1, 0.15) is 5.92 Å². The average molecular weight is 870 g/mol. The predicted molar refractivity (Wildman–Crippen MR) is 258 cm³/mol. The molecule has 0 amide bonds. The van der Waals surface area contributed by atoms with Crippen molar-refractivity contribution in [3.63, 3.8) is 0 Å². The van der Waals surface area contributed by atoms with Gasteiger partial charge in [-0.15, -0.1) is 22.1 Å². The van der Waals surface area contributed by atoms with Crippen molar-refractivity contribution in [3.05, 3.63) is 68.8 Å². The molecule has 5 heterocycles. The molecule has 8 bridgehead atoms. The molecule has 0 radical (unpaired) electrons. The van der Waals surface area contributed by atoms with Gasteiger partial charge in [0.2, 0.25) is 0 Å².